The van der Waals surface area contributed by atoms with Gasteiger partial charge >= 0.3 is 5.97 Å². The van der Waals surface area contributed by atoms with E-state index in [0.717, 1.165) is 44.2 Å². The van der Waals surface area contributed by atoms with Crippen LogP contribution in [0.1, 0.15) is 24.2 Å². The number of aromatic nitrogens is 1. The van der Waals surface area contributed by atoms with Gasteiger partial charge in [0.2, 0.25) is 0 Å². The Balaban J connectivity index is 1.69. The predicted molar refractivity (Wildman–Crippen MR) is 133 cm³/mol. The number of nitrogens with zero attached hydrogens (tertiary/aromatic N) is 3. The summed E-state index contributed by atoms with van der Waals surface area (Å²) in [5, 5.41) is 15.4. The van der Waals surface area contributed by atoms with E-state index in [1.807, 2.05) is 6.07 Å². The Kier molecular flexibility index (Phi) is 9.60. The fraction of sp³-hybridized carbons (Fsp3) is 0.417. The van der Waals surface area contributed by atoms with Crippen molar-refractivity contribution in [1.82, 2.24) is 14.8 Å². The minimum absolute atomic E-state index is 0.133. The van der Waals surface area contributed by atoms with Gasteiger partial charge in [-0.3, -0.25) is 19.1 Å². The lowest BCUT2D eigenvalue weighted by molar-refractivity contribution is -0.136. The standard InChI is InChI=1S/C24H29N5O5S/c1-3-29-22(31)20(35-23(29)19(15-25)24(32)34-4-2)16-27-18-7-5-17(6-8-18)21(30)26-9-10-28-11-13-33-14-12-28/h5-8,16,27H,3-4,9-14H2,1-2H3,(H,26,30). The van der Waals surface area contributed by atoms with Gasteiger partial charge in [-0.2, -0.15) is 5.26 Å². The number of nitriles is 1. The number of thiazole rings is 1. The summed E-state index contributed by atoms with van der Waals surface area (Å²) in [7, 11) is 0. The molecule has 1 aliphatic heterocycles. The quantitative estimate of drug-likeness (QED) is 0.465. The Hall–Kier alpha value is -3.46. The number of carbonyl (C=O) groups is 2. The van der Waals surface area contributed by atoms with Gasteiger partial charge in [0, 0.05) is 50.2 Å². The summed E-state index contributed by atoms with van der Waals surface area (Å²) in [5.74, 6) is -0.905. The van der Waals surface area contributed by atoms with Crippen LogP contribution in [0, 0.1) is 11.3 Å². The molecule has 1 aromatic carbocycles. The highest BCUT2D eigenvalue weighted by atomic mass is 32.1. The highest BCUT2D eigenvalue weighted by Gasteiger charge is 2.16. The largest absolute Gasteiger partial charge is 0.462 e. The van der Waals surface area contributed by atoms with E-state index < -0.39 is 5.97 Å². The zero-order valence-electron chi connectivity index (χ0n) is 19.8. The maximum atomic E-state index is 12.8. The summed E-state index contributed by atoms with van der Waals surface area (Å²) in [6.07, 6.45) is 1.53. The molecular weight excluding hydrogens is 470 g/mol. The number of hydrogen-bond acceptors (Lipinski definition) is 9. The Bertz CT molecular complexity index is 1250. The van der Waals surface area contributed by atoms with Gasteiger partial charge in [0.1, 0.15) is 15.3 Å². The van der Waals surface area contributed by atoms with Crippen LogP contribution in [0.15, 0.2) is 29.1 Å². The Labute approximate surface area is 207 Å². The summed E-state index contributed by atoms with van der Waals surface area (Å²) >= 11 is 1.04. The van der Waals surface area contributed by atoms with Crippen LogP contribution < -0.4 is 25.4 Å². The van der Waals surface area contributed by atoms with Gasteiger partial charge in [-0.05, 0) is 38.1 Å². The Morgan fingerprint density at radius 3 is 2.57 bits per heavy atom. The van der Waals surface area contributed by atoms with E-state index in [4.69, 9.17) is 9.47 Å². The number of anilines is 1. The second kappa shape index (κ2) is 12.9. The zero-order chi connectivity index (χ0) is 25.2. The van der Waals surface area contributed by atoms with Crippen molar-refractivity contribution in [2.75, 3.05) is 51.3 Å². The first kappa shape index (κ1) is 26.2. The number of hydrogen-bond donors (Lipinski definition) is 2. The van der Waals surface area contributed by atoms with E-state index in [1.54, 1.807) is 38.1 Å². The normalized spacial score (nSPS) is 15.3. The molecule has 0 unspecified atom stereocenters. The molecule has 1 amide bonds. The van der Waals surface area contributed by atoms with Crippen molar-refractivity contribution in [2.24, 2.45) is 0 Å². The van der Waals surface area contributed by atoms with Crippen molar-refractivity contribution in [1.29, 1.82) is 5.26 Å². The van der Waals surface area contributed by atoms with Crippen LogP contribution in [0.4, 0.5) is 5.69 Å². The number of rotatable bonds is 9. The van der Waals surface area contributed by atoms with Gasteiger partial charge in [-0.15, -0.1) is 11.3 Å². The van der Waals surface area contributed by atoms with Crippen LogP contribution in [0.2, 0.25) is 0 Å². The van der Waals surface area contributed by atoms with Crippen molar-refractivity contribution >= 4 is 40.7 Å². The van der Waals surface area contributed by atoms with E-state index in [0.29, 0.717) is 28.9 Å². The van der Waals surface area contributed by atoms with Gasteiger partial charge < -0.3 is 20.1 Å². The Morgan fingerprint density at radius 2 is 1.94 bits per heavy atom. The first-order chi connectivity index (χ1) is 17.0. The fourth-order valence-electron chi connectivity index (χ4n) is 3.50. The molecule has 1 fully saturated rings. The summed E-state index contributed by atoms with van der Waals surface area (Å²) in [4.78, 5) is 39.5. The topological polar surface area (TPSA) is 126 Å². The van der Waals surface area contributed by atoms with E-state index in [9.17, 15) is 19.6 Å². The predicted octanol–water partition coefficient (Wildman–Crippen LogP) is 0.0792. The third-order valence-electron chi connectivity index (χ3n) is 5.36. The molecule has 186 valence electrons. The monoisotopic (exact) mass is 499 g/mol. The maximum Gasteiger partial charge on any atom is 0.351 e. The number of ether oxygens (including phenoxy) is 2. The minimum Gasteiger partial charge on any atom is -0.462 e. The first-order valence-electron chi connectivity index (χ1n) is 11.4. The molecule has 0 spiro atoms. The van der Waals surface area contributed by atoms with Crippen LogP contribution >= 0.6 is 11.3 Å². The van der Waals surface area contributed by atoms with Gasteiger partial charge in [-0.25, -0.2) is 4.79 Å². The lowest BCUT2D eigenvalue weighted by Gasteiger charge is -2.26. The average Bonchev–Trinajstić information content (AvgIpc) is 3.19. The average molecular weight is 500 g/mol. The summed E-state index contributed by atoms with van der Waals surface area (Å²) in [5.41, 5.74) is 0.710. The number of morpholine rings is 1. The number of carbonyl (C=O) groups excluding carboxylic acids is 2. The summed E-state index contributed by atoms with van der Waals surface area (Å²) in [6.45, 7) is 8.39. The van der Waals surface area contributed by atoms with E-state index in [1.165, 1.54) is 10.8 Å². The second-order valence-corrected chi connectivity index (χ2v) is 8.63. The number of esters is 1. The van der Waals surface area contributed by atoms with Crippen LogP contribution in [0.3, 0.4) is 0 Å². The molecule has 10 nitrogen and oxygen atoms in total. The molecular formula is C24H29N5O5S. The van der Waals surface area contributed by atoms with Gasteiger partial charge in [0.05, 0.1) is 19.8 Å². The molecule has 1 aromatic heterocycles. The maximum absolute atomic E-state index is 12.8. The third-order valence-corrected chi connectivity index (χ3v) is 6.49. The molecule has 0 bridgehead atoms. The molecule has 0 aliphatic carbocycles. The molecule has 2 N–H and O–H groups in total. The molecule has 11 heteroatoms. The number of amides is 1. The van der Waals surface area contributed by atoms with Crippen LogP contribution in [-0.4, -0.2) is 67.3 Å². The number of benzene rings is 1. The minimum atomic E-state index is -0.753. The molecule has 3 rings (SSSR count). The van der Waals surface area contributed by atoms with Crippen molar-refractivity contribution in [3.05, 3.63) is 49.4 Å². The van der Waals surface area contributed by atoms with Crippen molar-refractivity contribution in [3.63, 3.8) is 0 Å². The fourth-order valence-corrected chi connectivity index (χ4v) is 4.57. The highest BCUT2D eigenvalue weighted by Crippen LogP contribution is 2.09. The van der Waals surface area contributed by atoms with Gasteiger partial charge in [0.15, 0.2) is 5.57 Å². The SMILES string of the molecule is CCOC(=O)C(C#N)=c1sc(=CNc2ccc(C(=O)NCCN3CCOCC3)cc2)c(=O)n1CC. The molecule has 35 heavy (non-hydrogen) atoms. The molecule has 2 heterocycles. The highest BCUT2D eigenvalue weighted by molar-refractivity contribution is 7.07. The van der Waals surface area contributed by atoms with Crippen molar-refractivity contribution in [2.45, 2.75) is 20.4 Å². The lowest BCUT2D eigenvalue weighted by Crippen LogP contribution is -2.41. The molecule has 1 saturated heterocycles. The summed E-state index contributed by atoms with van der Waals surface area (Å²) in [6, 6.07) is 8.74. The first-order valence-corrected chi connectivity index (χ1v) is 12.3. The van der Waals surface area contributed by atoms with Gasteiger partial charge in [0.25, 0.3) is 11.5 Å². The van der Waals surface area contributed by atoms with Crippen molar-refractivity contribution < 1.29 is 19.1 Å². The van der Waals surface area contributed by atoms with E-state index >= 15 is 0 Å². The molecule has 2 aromatic rings. The van der Waals surface area contributed by atoms with Gasteiger partial charge in [-0.1, -0.05) is 0 Å². The molecule has 0 atom stereocenters. The smallest absolute Gasteiger partial charge is 0.351 e. The van der Waals surface area contributed by atoms with Crippen molar-refractivity contribution in [3.8, 4) is 6.07 Å². The zero-order valence-corrected chi connectivity index (χ0v) is 20.7. The Morgan fingerprint density at radius 1 is 1.23 bits per heavy atom. The molecule has 0 radical (unpaired) electrons. The van der Waals surface area contributed by atoms with E-state index in [-0.39, 0.29) is 28.3 Å². The van der Waals surface area contributed by atoms with E-state index in [2.05, 4.69) is 15.5 Å². The molecule has 1 aliphatic rings. The summed E-state index contributed by atoms with van der Waals surface area (Å²) < 4.78 is 12.2. The third kappa shape index (κ3) is 6.79. The second-order valence-electron chi connectivity index (χ2n) is 7.60. The van der Waals surface area contributed by atoms with Crippen LogP contribution in [0.25, 0.3) is 11.8 Å². The number of nitrogens with one attached hydrogen (secondary N) is 2. The molecule has 0 saturated carbocycles. The van der Waals surface area contributed by atoms with Crippen LogP contribution in [-0.2, 0) is 20.8 Å². The van der Waals surface area contributed by atoms with Crippen LogP contribution in [0.5, 0.6) is 0 Å². The lowest BCUT2D eigenvalue weighted by atomic mass is 10.2.